The van der Waals surface area contributed by atoms with Gasteiger partial charge in [-0.15, -0.1) is 15.7 Å². The quantitative estimate of drug-likeness (QED) is 0.138. The van der Waals surface area contributed by atoms with E-state index < -0.39 is 66.0 Å². The van der Waals surface area contributed by atoms with Crippen molar-refractivity contribution in [3.8, 4) is 5.88 Å². The maximum absolute atomic E-state index is 14.2. The van der Waals surface area contributed by atoms with E-state index in [0.29, 0.717) is 74.4 Å². The lowest BCUT2D eigenvalue weighted by molar-refractivity contribution is -0.167. The molecule has 0 spiro atoms. The Bertz CT molecular complexity index is 2010. The number of hydrogen-bond donors (Lipinski definition) is 3. The number of carbonyl (C=O) groups excluding carboxylic acids is 3. The predicted molar refractivity (Wildman–Crippen MR) is 230 cm³/mol. The van der Waals surface area contributed by atoms with Gasteiger partial charge in [0.15, 0.2) is 15.6 Å². The number of sulfonamides is 1. The van der Waals surface area contributed by atoms with Crippen molar-refractivity contribution < 1.29 is 50.2 Å². The Labute approximate surface area is 363 Å². The standard InChI is InChI=1S/C39H64N6O11S4/c1-11-38(9,44-60(51,52)32-22-28-29(40-13-3)21-25(4)59(49,50)36(28)57-32)33(48)26(5)39(10,12-2)56-31(47)16-14-15-30(46)55-27(23-41-37(6,7)8)24-54-35-34(42-58-43-35)45-17-19-53-20-18-45/h22,25-27,29,40-41,44H,11-21,23-24H2,1-10H3/t25-,26-,27-,29-,38?,39?/m0/s1. The smallest absolute Gasteiger partial charge is 0.306 e. The summed E-state index contributed by atoms with van der Waals surface area (Å²) in [5.74, 6) is -1.62. The minimum atomic E-state index is -4.37. The summed E-state index contributed by atoms with van der Waals surface area (Å²) < 4.78 is 88.4. The molecular weight excluding hydrogens is 857 g/mol. The van der Waals surface area contributed by atoms with Gasteiger partial charge in [-0.25, -0.2) is 16.8 Å². The van der Waals surface area contributed by atoms with Crippen molar-refractivity contribution in [2.75, 3.05) is 50.9 Å². The molecule has 0 saturated carbocycles. The Morgan fingerprint density at radius 2 is 1.70 bits per heavy atom. The molecule has 2 aromatic rings. The number of nitrogens with one attached hydrogen (secondary N) is 3. The number of morpholine rings is 1. The van der Waals surface area contributed by atoms with Crippen LogP contribution in [0.3, 0.4) is 0 Å². The average Bonchev–Trinajstić information content (AvgIpc) is 3.87. The Morgan fingerprint density at radius 3 is 2.32 bits per heavy atom. The monoisotopic (exact) mass is 920 g/mol. The van der Waals surface area contributed by atoms with E-state index in [1.807, 2.05) is 32.6 Å². The summed E-state index contributed by atoms with van der Waals surface area (Å²) in [4.78, 5) is 42.5. The number of ketones is 1. The number of esters is 2. The third-order valence-corrected chi connectivity index (χ3v) is 17.7. The van der Waals surface area contributed by atoms with Crippen LogP contribution in [0.15, 0.2) is 14.5 Å². The molecule has 4 heterocycles. The molecule has 2 unspecified atom stereocenters. The van der Waals surface area contributed by atoms with E-state index in [2.05, 4.69) is 24.1 Å². The van der Waals surface area contributed by atoms with Crippen molar-refractivity contribution in [1.29, 1.82) is 0 Å². The topological polar surface area (TPSA) is 222 Å². The molecule has 0 radical (unpaired) electrons. The number of thiophene rings is 1. The van der Waals surface area contributed by atoms with Crippen LogP contribution >= 0.6 is 23.1 Å². The van der Waals surface area contributed by atoms with Gasteiger partial charge in [0.25, 0.3) is 15.9 Å². The summed E-state index contributed by atoms with van der Waals surface area (Å²) in [6, 6.07) is 1.05. The highest BCUT2D eigenvalue weighted by Gasteiger charge is 2.47. The van der Waals surface area contributed by atoms with Crippen molar-refractivity contribution in [3.05, 3.63) is 11.6 Å². The second-order valence-corrected chi connectivity index (χ2v) is 23.0. The number of carbonyl (C=O) groups is 3. The Hall–Kier alpha value is -2.79. The zero-order valence-corrected chi connectivity index (χ0v) is 39.8. The molecule has 3 N–H and O–H groups in total. The van der Waals surface area contributed by atoms with Gasteiger partial charge in [0, 0.05) is 49.6 Å². The van der Waals surface area contributed by atoms with Gasteiger partial charge < -0.3 is 34.5 Å². The van der Waals surface area contributed by atoms with Crippen molar-refractivity contribution in [3.63, 3.8) is 0 Å². The van der Waals surface area contributed by atoms with Crippen molar-refractivity contribution in [2.24, 2.45) is 5.92 Å². The van der Waals surface area contributed by atoms with E-state index in [1.165, 1.54) is 13.0 Å². The summed E-state index contributed by atoms with van der Waals surface area (Å²) in [7, 11) is -8.10. The fourth-order valence-electron chi connectivity index (χ4n) is 6.93. The van der Waals surface area contributed by atoms with Crippen LogP contribution in [0.5, 0.6) is 5.88 Å². The first-order valence-corrected chi connectivity index (χ1v) is 25.2. The number of anilines is 1. The van der Waals surface area contributed by atoms with Gasteiger partial charge in [-0.2, -0.15) is 9.10 Å². The highest BCUT2D eigenvalue weighted by atomic mass is 32.3. The Balaban J connectivity index is 1.36. The van der Waals surface area contributed by atoms with Gasteiger partial charge >= 0.3 is 11.9 Å². The van der Waals surface area contributed by atoms with E-state index in [-0.39, 0.29) is 58.7 Å². The third kappa shape index (κ3) is 12.4. The van der Waals surface area contributed by atoms with Crippen LogP contribution in [0.4, 0.5) is 5.82 Å². The molecule has 0 bridgehead atoms. The van der Waals surface area contributed by atoms with E-state index in [0.717, 1.165) is 11.7 Å². The predicted octanol–water partition coefficient (Wildman–Crippen LogP) is 4.57. The fraction of sp³-hybridized carbons (Fsp3) is 0.769. The van der Waals surface area contributed by atoms with Gasteiger partial charge in [0.1, 0.15) is 26.7 Å². The first-order valence-electron chi connectivity index (χ1n) is 20.6. The van der Waals surface area contributed by atoms with Crippen LogP contribution in [-0.4, -0.2) is 117 Å². The van der Waals surface area contributed by atoms with Crippen LogP contribution in [-0.2, 0) is 48.5 Å². The van der Waals surface area contributed by atoms with Crippen molar-refractivity contribution in [2.45, 2.75) is 150 Å². The number of sulfone groups is 1. The molecule has 4 rings (SSSR count). The largest absolute Gasteiger partial charge is 0.470 e. The second kappa shape index (κ2) is 20.6. The number of hydrogen-bond acceptors (Lipinski definition) is 18. The molecule has 2 aromatic heterocycles. The van der Waals surface area contributed by atoms with Gasteiger partial charge in [-0.05, 0) is 79.8 Å². The van der Waals surface area contributed by atoms with Crippen LogP contribution < -0.4 is 25.0 Å². The van der Waals surface area contributed by atoms with E-state index in [9.17, 15) is 31.2 Å². The number of rotatable bonds is 22. The van der Waals surface area contributed by atoms with E-state index >= 15 is 0 Å². The summed E-state index contributed by atoms with van der Waals surface area (Å²) in [5, 5.41) is 5.90. The van der Waals surface area contributed by atoms with Crippen LogP contribution in [0.25, 0.3) is 0 Å². The molecule has 2 aliphatic rings. The zero-order chi connectivity index (χ0) is 44.7. The maximum Gasteiger partial charge on any atom is 0.306 e. The van der Waals surface area contributed by atoms with E-state index in [1.54, 1.807) is 34.6 Å². The Morgan fingerprint density at radius 1 is 1.03 bits per heavy atom. The summed E-state index contributed by atoms with van der Waals surface area (Å²) in [6.45, 7) is 21.0. The first kappa shape index (κ1) is 49.9. The fourth-order valence-corrected chi connectivity index (χ4v) is 12.9. The zero-order valence-electron chi connectivity index (χ0n) is 36.5. The number of nitrogens with zero attached hydrogens (tertiary/aromatic N) is 3. The van der Waals surface area contributed by atoms with Crippen LogP contribution in [0, 0.1) is 5.92 Å². The third-order valence-electron chi connectivity index (χ3n) is 11.2. The SMILES string of the molecule is CCN[C@H]1C[C@H](C)S(=O)(=O)c2sc(S(=O)(=O)NC(C)(CC)C(=O)[C@H](C)C(C)(CC)OC(=O)CCCC(=O)O[C@@H](CNC(C)(C)C)COc3nsnc3N3CCOCC3)cc21. The minimum absolute atomic E-state index is 0.0122. The highest BCUT2D eigenvalue weighted by molar-refractivity contribution is 7.95. The normalized spacial score (nSPS) is 21.2. The van der Waals surface area contributed by atoms with Crippen molar-refractivity contribution in [1.82, 2.24) is 24.1 Å². The number of Topliss-reactive ketones (excluding diaryl/α,β-unsaturated/α-hetero) is 1. The molecule has 0 aliphatic carbocycles. The number of fused-ring (bicyclic) bond motifs is 1. The maximum atomic E-state index is 14.2. The molecule has 1 saturated heterocycles. The van der Waals surface area contributed by atoms with Gasteiger partial charge in [-0.3, -0.25) is 14.4 Å². The molecule has 6 atom stereocenters. The molecule has 17 nitrogen and oxygen atoms in total. The summed E-state index contributed by atoms with van der Waals surface area (Å²) in [5.41, 5.74) is -2.79. The van der Waals surface area contributed by atoms with Gasteiger partial charge in [-0.1, -0.05) is 27.7 Å². The average molecular weight is 921 g/mol. The molecule has 0 aromatic carbocycles. The van der Waals surface area contributed by atoms with Crippen molar-refractivity contribution >= 4 is 66.5 Å². The van der Waals surface area contributed by atoms with E-state index in [4.69, 9.17) is 18.9 Å². The molecular formula is C39H64N6O11S4. The molecule has 2 aliphatic heterocycles. The molecule has 60 heavy (non-hydrogen) atoms. The Kier molecular flexibility index (Phi) is 17.1. The highest BCUT2D eigenvalue weighted by Crippen LogP contribution is 2.43. The van der Waals surface area contributed by atoms with Crippen LogP contribution in [0.1, 0.15) is 119 Å². The molecule has 21 heteroatoms. The molecule has 340 valence electrons. The van der Waals surface area contributed by atoms with Gasteiger partial charge in [0.2, 0.25) is 5.82 Å². The first-order chi connectivity index (χ1) is 28.0. The number of ether oxygens (including phenoxy) is 4. The second-order valence-electron chi connectivity index (χ2n) is 16.9. The number of aromatic nitrogens is 2. The van der Waals surface area contributed by atoms with Gasteiger partial charge in [0.05, 0.1) is 41.6 Å². The lowest BCUT2D eigenvalue weighted by Crippen LogP contribution is -2.57. The minimum Gasteiger partial charge on any atom is -0.470 e. The molecule has 0 amide bonds. The lowest BCUT2D eigenvalue weighted by atomic mass is 9.77. The lowest BCUT2D eigenvalue weighted by Gasteiger charge is -2.38. The van der Waals surface area contributed by atoms with Crippen LogP contribution in [0.2, 0.25) is 0 Å². The summed E-state index contributed by atoms with van der Waals surface area (Å²) in [6.07, 6.45) is -0.132. The summed E-state index contributed by atoms with van der Waals surface area (Å²) >= 11 is 1.72. The molecule has 1 fully saturated rings.